The molecule has 0 heterocycles. The van der Waals surface area contributed by atoms with Gasteiger partial charge in [-0.05, 0) is 43.9 Å². The first kappa shape index (κ1) is 20.5. The molecule has 1 N–H and O–H groups in total. The Bertz CT molecular complexity index is 745. The second kappa shape index (κ2) is 9.73. The van der Waals surface area contributed by atoms with Gasteiger partial charge < -0.3 is 20.0 Å². The van der Waals surface area contributed by atoms with Crippen molar-refractivity contribution in [2.24, 2.45) is 0 Å². The number of nitrogens with zero attached hydrogens (tertiary/aromatic N) is 3. The number of amides is 3. The van der Waals surface area contributed by atoms with E-state index in [2.05, 4.69) is 10.2 Å². The molecule has 0 unspecified atom stereocenters. The highest BCUT2D eigenvalue weighted by Gasteiger charge is 2.15. The highest BCUT2D eigenvalue weighted by molar-refractivity contribution is 5.92. The molecule has 0 saturated heterocycles. The molecule has 0 aliphatic heterocycles. The third-order valence-electron chi connectivity index (χ3n) is 4.30. The van der Waals surface area contributed by atoms with E-state index in [1.165, 1.54) is 6.92 Å². The summed E-state index contributed by atoms with van der Waals surface area (Å²) in [6, 6.07) is 17.0. The van der Waals surface area contributed by atoms with Gasteiger partial charge in [0.15, 0.2) is 0 Å². The Labute approximate surface area is 161 Å². The lowest BCUT2D eigenvalue weighted by molar-refractivity contribution is -0.116. The van der Waals surface area contributed by atoms with E-state index in [0.717, 1.165) is 17.8 Å². The molecule has 0 spiro atoms. The minimum atomic E-state index is -0.145. The van der Waals surface area contributed by atoms with Crippen LogP contribution in [0.5, 0.6) is 0 Å². The summed E-state index contributed by atoms with van der Waals surface area (Å²) in [7, 11) is 5.70. The maximum absolute atomic E-state index is 12.8. The molecular formula is C21H28N4O2. The highest BCUT2D eigenvalue weighted by Crippen LogP contribution is 2.17. The zero-order valence-corrected chi connectivity index (χ0v) is 16.5. The maximum Gasteiger partial charge on any atom is 0.322 e. The first-order chi connectivity index (χ1) is 12.9. The number of hydrogen-bond donors (Lipinski definition) is 1. The van der Waals surface area contributed by atoms with E-state index in [1.807, 2.05) is 56.6 Å². The zero-order chi connectivity index (χ0) is 19.8. The van der Waals surface area contributed by atoms with Crippen molar-refractivity contribution in [2.45, 2.75) is 13.5 Å². The van der Waals surface area contributed by atoms with Crippen LogP contribution in [0.4, 0.5) is 16.2 Å². The van der Waals surface area contributed by atoms with Gasteiger partial charge in [-0.2, -0.15) is 0 Å². The second-order valence-corrected chi connectivity index (χ2v) is 6.77. The third kappa shape index (κ3) is 6.42. The number of benzene rings is 2. The van der Waals surface area contributed by atoms with Crippen molar-refractivity contribution in [1.82, 2.24) is 9.80 Å². The summed E-state index contributed by atoms with van der Waals surface area (Å²) in [5, 5.41) is 2.95. The van der Waals surface area contributed by atoms with E-state index in [-0.39, 0.29) is 11.9 Å². The van der Waals surface area contributed by atoms with Crippen LogP contribution in [-0.2, 0) is 11.3 Å². The largest absolute Gasteiger partial charge is 0.322 e. The standard InChI is InChI=1S/C21H28N4O2/c1-17(26)24(4)20-12-10-19(11-13-20)22-21(27)25(15-14-23(2)3)16-18-8-6-5-7-9-18/h5-13H,14-16H2,1-4H3,(H,22,27). The van der Waals surface area contributed by atoms with E-state index in [4.69, 9.17) is 0 Å². The Balaban J connectivity index is 2.06. The van der Waals surface area contributed by atoms with Gasteiger partial charge in [0.05, 0.1) is 0 Å². The smallest absolute Gasteiger partial charge is 0.319 e. The number of rotatable bonds is 7. The fraction of sp³-hybridized carbons (Fsp3) is 0.333. The molecule has 0 atom stereocenters. The molecule has 2 rings (SSSR count). The van der Waals surface area contributed by atoms with Crippen molar-refractivity contribution in [3.05, 3.63) is 60.2 Å². The molecule has 6 heteroatoms. The first-order valence-electron chi connectivity index (χ1n) is 8.95. The summed E-state index contributed by atoms with van der Waals surface area (Å²) >= 11 is 0. The van der Waals surface area contributed by atoms with Gasteiger partial charge in [-0.25, -0.2) is 4.79 Å². The molecule has 0 fully saturated rings. The van der Waals surface area contributed by atoms with Crippen LogP contribution in [0.2, 0.25) is 0 Å². The number of nitrogens with one attached hydrogen (secondary N) is 1. The van der Waals surface area contributed by atoms with Gasteiger partial charge in [0.2, 0.25) is 5.91 Å². The van der Waals surface area contributed by atoms with Gasteiger partial charge in [-0.3, -0.25) is 4.79 Å². The summed E-state index contributed by atoms with van der Waals surface area (Å²) in [5.41, 5.74) is 2.57. The van der Waals surface area contributed by atoms with Crippen LogP contribution in [0.3, 0.4) is 0 Å². The molecule has 2 aromatic rings. The van der Waals surface area contributed by atoms with E-state index < -0.39 is 0 Å². The average Bonchev–Trinajstić information content (AvgIpc) is 2.65. The van der Waals surface area contributed by atoms with Crippen LogP contribution in [0, 0.1) is 0 Å². The number of hydrogen-bond acceptors (Lipinski definition) is 3. The Kier molecular flexibility index (Phi) is 7.37. The average molecular weight is 368 g/mol. The molecular weight excluding hydrogens is 340 g/mol. The number of likely N-dealkylation sites (N-methyl/N-ethyl adjacent to an activating group) is 1. The lowest BCUT2D eigenvalue weighted by Crippen LogP contribution is -2.39. The van der Waals surface area contributed by atoms with E-state index in [1.54, 1.807) is 29.0 Å². The Morgan fingerprint density at radius 3 is 2.07 bits per heavy atom. The van der Waals surface area contributed by atoms with Gasteiger partial charge in [-0.1, -0.05) is 30.3 Å². The van der Waals surface area contributed by atoms with Crippen LogP contribution in [-0.4, -0.2) is 56.0 Å². The fourth-order valence-corrected chi connectivity index (χ4v) is 2.53. The van der Waals surface area contributed by atoms with Gasteiger partial charge in [0.1, 0.15) is 0 Å². The summed E-state index contributed by atoms with van der Waals surface area (Å²) in [6.07, 6.45) is 0. The summed E-state index contributed by atoms with van der Waals surface area (Å²) in [5.74, 6) is -0.0375. The molecule has 27 heavy (non-hydrogen) atoms. The summed E-state index contributed by atoms with van der Waals surface area (Å²) in [6.45, 7) is 3.47. The molecule has 144 valence electrons. The molecule has 6 nitrogen and oxygen atoms in total. The van der Waals surface area contributed by atoms with Crippen molar-refractivity contribution < 1.29 is 9.59 Å². The Hall–Kier alpha value is -2.86. The lowest BCUT2D eigenvalue weighted by Gasteiger charge is -2.25. The normalized spacial score (nSPS) is 10.6. The van der Waals surface area contributed by atoms with Crippen molar-refractivity contribution in [3.63, 3.8) is 0 Å². The number of urea groups is 1. The topological polar surface area (TPSA) is 55.9 Å². The molecule has 0 aliphatic rings. The molecule has 3 amide bonds. The molecule has 0 radical (unpaired) electrons. The molecule has 0 aliphatic carbocycles. The summed E-state index contributed by atoms with van der Waals surface area (Å²) in [4.78, 5) is 29.6. The number of carbonyl (C=O) groups is 2. The van der Waals surface area contributed by atoms with E-state index in [9.17, 15) is 9.59 Å². The van der Waals surface area contributed by atoms with Crippen LogP contribution in [0.15, 0.2) is 54.6 Å². The number of anilines is 2. The second-order valence-electron chi connectivity index (χ2n) is 6.77. The molecule has 0 aromatic heterocycles. The first-order valence-corrected chi connectivity index (χ1v) is 8.95. The quantitative estimate of drug-likeness (QED) is 0.816. The zero-order valence-electron chi connectivity index (χ0n) is 16.5. The van der Waals surface area contributed by atoms with Gasteiger partial charge in [0, 0.05) is 45.0 Å². The highest BCUT2D eigenvalue weighted by atomic mass is 16.2. The Morgan fingerprint density at radius 1 is 0.889 bits per heavy atom. The van der Waals surface area contributed by atoms with E-state index >= 15 is 0 Å². The van der Waals surface area contributed by atoms with Gasteiger partial charge in [0.25, 0.3) is 0 Å². The minimum Gasteiger partial charge on any atom is -0.319 e. The van der Waals surface area contributed by atoms with Crippen molar-refractivity contribution >= 4 is 23.3 Å². The van der Waals surface area contributed by atoms with Crippen LogP contribution in [0.25, 0.3) is 0 Å². The van der Waals surface area contributed by atoms with Crippen molar-refractivity contribution in [1.29, 1.82) is 0 Å². The van der Waals surface area contributed by atoms with Gasteiger partial charge in [-0.15, -0.1) is 0 Å². The monoisotopic (exact) mass is 368 g/mol. The molecule has 0 saturated carbocycles. The van der Waals surface area contributed by atoms with Crippen molar-refractivity contribution in [2.75, 3.05) is 44.4 Å². The number of carbonyl (C=O) groups excluding carboxylic acids is 2. The molecule has 0 bridgehead atoms. The predicted octanol–water partition coefficient (Wildman–Crippen LogP) is 3.27. The van der Waals surface area contributed by atoms with Crippen molar-refractivity contribution in [3.8, 4) is 0 Å². The maximum atomic E-state index is 12.8. The lowest BCUT2D eigenvalue weighted by atomic mass is 10.2. The van der Waals surface area contributed by atoms with Crippen LogP contribution in [0.1, 0.15) is 12.5 Å². The van der Waals surface area contributed by atoms with E-state index in [0.29, 0.717) is 18.8 Å². The predicted molar refractivity (Wildman–Crippen MR) is 110 cm³/mol. The summed E-state index contributed by atoms with van der Waals surface area (Å²) < 4.78 is 0. The SMILES string of the molecule is CC(=O)N(C)c1ccc(NC(=O)N(CCN(C)C)Cc2ccccc2)cc1. The molecule has 2 aromatic carbocycles. The van der Waals surface area contributed by atoms with Crippen LogP contribution < -0.4 is 10.2 Å². The third-order valence-corrected chi connectivity index (χ3v) is 4.30. The van der Waals surface area contributed by atoms with Gasteiger partial charge >= 0.3 is 6.03 Å². The van der Waals surface area contributed by atoms with Crippen LogP contribution >= 0.6 is 0 Å². The minimum absolute atomic E-state index is 0.0375. The fourth-order valence-electron chi connectivity index (χ4n) is 2.53. The Morgan fingerprint density at radius 2 is 1.52 bits per heavy atom.